The van der Waals surface area contributed by atoms with Crippen LogP contribution in [0.2, 0.25) is 0 Å². The Kier molecular flexibility index (Phi) is 5.92. The maximum atomic E-state index is 12.5. The van der Waals surface area contributed by atoms with E-state index in [0.29, 0.717) is 22.4 Å². The summed E-state index contributed by atoms with van der Waals surface area (Å²) in [5.41, 5.74) is 2.55. The summed E-state index contributed by atoms with van der Waals surface area (Å²) in [5.74, 6) is 0.319. The molecule has 3 aromatic carbocycles. The molecule has 0 bridgehead atoms. The molecular formula is C23H18O4. The Balaban J connectivity index is 1.68. The number of allylic oxidation sites excluding steroid dienone is 1. The van der Waals surface area contributed by atoms with E-state index >= 15 is 0 Å². The van der Waals surface area contributed by atoms with Gasteiger partial charge in [0.15, 0.2) is 18.4 Å². The number of ether oxygens (including phenoxy) is 1. The lowest BCUT2D eigenvalue weighted by molar-refractivity contribution is 0.0984. The standard InChI is InChI=1S/C23H18O4/c24-16-27-21-13-11-20(12-14-21)23(26)19-9-6-17(7-10-19)8-15-22(25)18-4-2-1-3-5-18/h1-15,24H,16H2/b15-8+. The van der Waals surface area contributed by atoms with Crippen LogP contribution in [0.3, 0.4) is 0 Å². The highest BCUT2D eigenvalue weighted by Crippen LogP contribution is 2.16. The van der Waals surface area contributed by atoms with E-state index in [1.807, 2.05) is 18.2 Å². The summed E-state index contributed by atoms with van der Waals surface area (Å²) in [7, 11) is 0. The number of aliphatic hydroxyl groups is 1. The second-order valence-corrected chi connectivity index (χ2v) is 5.81. The molecule has 0 heterocycles. The van der Waals surface area contributed by atoms with Crippen LogP contribution in [-0.2, 0) is 0 Å². The highest BCUT2D eigenvalue weighted by molar-refractivity contribution is 6.09. The fraction of sp³-hybridized carbons (Fsp3) is 0.0435. The van der Waals surface area contributed by atoms with Crippen LogP contribution in [0, 0.1) is 0 Å². The molecule has 0 amide bonds. The van der Waals surface area contributed by atoms with Gasteiger partial charge in [0, 0.05) is 16.7 Å². The summed E-state index contributed by atoms with van der Waals surface area (Å²) in [5, 5.41) is 8.73. The molecule has 0 saturated heterocycles. The summed E-state index contributed by atoms with van der Waals surface area (Å²) in [6.07, 6.45) is 3.25. The molecule has 0 saturated carbocycles. The van der Waals surface area contributed by atoms with Crippen LogP contribution in [-0.4, -0.2) is 23.5 Å². The maximum Gasteiger partial charge on any atom is 0.193 e. The van der Waals surface area contributed by atoms with Crippen molar-refractivity contribution in [3.05, 3.63) is 107 Å². The van der Waals surface area contributed by atoms with E-state index in [1.54, 1.807) is 66.7 Å². The fourth-order valence-electron chi connectivity index (χ4n) is 2.56. The van der Waals surface area contributed by atoms with Gasteiger partial charge in [-0.15, -0.1) is 0 Å². The summed E-state index contributed by atoms with van der Waals surface area (Å²) < 4.78 is 4.95. The molecule has 0 fully saturated rings. The molecule has 134 valence electrons. The van der Waals surface area contributed by atoms with Gasteiger partial charge in [-0.2, -0.15) is 0 Å². The number of hydrogen-bond acceptors (Lipinski definition) is 4. The highest BCUT2D eigenvalue weighted by atomic mass is 16.6. The van der Waals surface area contributed by atoms with Gasteiger partial charge in [0.25, 0.3) is 0 Å². The van der Waals surface area contributed by atoms with Crippen molar-refractivity contribution in [1.82, 2.24) is 0 Å². The van der Waals surface area contributed by atoms with Gasteiger partial charge in [-0.3, -0.25) is 9.59 Å². The summed E-state index contributed by atoms with van der Waals surface area (Å²) in [6.45, 7) is -0.408. The molecule has 3 rings (SSSR count). The minimum atomic E-state index is -0.408. The second kappa shape index (κ2) is 8.74. The first-order valence-electron chi connectivity index (χ1n) is 8.43. The first-order chi connectivity index (χ1) is 13.2. The van der Waals surface area contributed by atoms with Crippen LogP contribution in [0.15, 0.2) is 84.9 Å². The predicted molar refractivity (Wildman–Crippen MR) is 104 cm³/mol. The van der Waals surface area contributed by atoms with E-state index in [0.717, 1.165) is 5.56 Å². The zero-order valence-electron chi connectivity index (χ0n) is 14.5. The Morgan fingerprint density at radius 1 is 0.778 bits per heavy atom. The lowest BCUT2D eigenvalue weighted by Gasteiger charge is -2.05. The Labute approximate surface area is 157 Å². The molecule has 0 atom stereocenters. The normalized spacial score (nSPS) is 10.7. The van der Waals surface area contributed by atoms with Crippen LogP contribution < -0.4 is 4.74 Å². The third-order valence-corrected chi connectivity index (χ3v) is 4.01. The van der Waals surface area contributed by atoms with E-state index in [4.69, 9.17) is 9.84 Å². The van der Waals surface area contributed by atoms with Gasteiger partial charge in [-0.05, 0) is 35.9 Å². The minimum Gasteiger partial charge on any atom is -0.468 e. The molecule has 0 spiro atoms. The zero-order chi connectivity index (χ0) is 19.1. The highest BCUT2D eigenvalue weighted by Gasteiger charge is 2.09. The molecule has 1 N–H and O–H groups in total. The van der Waals surface area contributed by atoms with E-state index < -0.39 is 6.79 Å². The molecular weight excluding hydrogens is 340 g/mol. The fourth-order valence-corrected chi connectivity index (χ4v) is 2.56. The SMILES string of the molecule is O=C(/C=C/c1ccc(C(=O)c2ccc(OCO)cc2)cc1)c1ccccc1. The van der Waals surface area contributed by atoms with Gasteiger partial charge in [-0.1, -0.05) is 60.7 Å². The summed E-state index contributed by atoms with van der Waals surface area (Å²) in [6, 6.07) is 22.7. The monoisotopic (exact) mass is 358 g/mol. The largest absolute Gasteiger partial charge is 0.468 e. The van der Waals surface area contributed by atoms with Crippen molar-refractivity contribution in [3.8, 4) is 5.75 Å². The predicted octanol–water partition coefficient (Wildman–Crippen LogP) is 4.14. The van der Waals surface area contributed by atoms with Crippen molar-refractivity contribution >= 4 is 17.6 Å². The third kappa shape index (κ3) is 4.77. The molecule has 4 heteroatoms. The average Bonchev–Trinajstić information content (AvgIpc) is 2.73. The van der Waals surface area contributed by atoms with Crippen molar-refractivity contribution < 1.29 is 19.4 Å². The Bertz CT molecular complexity index is 940. The van der Waals surface area contributed by atoms with Gasteiger partial charge in [0.2, 0.25) is 0 Å². The van der Waals surface area contributed by atoms with Crippen LogP contribution in [0.5, 0.6) is 5.75 Å². The third-order valence-electron chi connectivity index (χ3n) is 4.01. The van der Waals surface area contributed by atoms with Crippen molar-refractivity contribution in [2.75, 3.05) is 6.79 Å². The van der Waals surface area contributed by atoms with Gasteiger partial charge < -0.3 is 9.84 Å². The molecule has 27 heavy (non-hydrogen) atoms. The first-order valence-corrected chi connectivity index (χ1v) is 8.43. The van der Waals surface area contributed by atoms with E-state index in [1.165, 1.54) is 6.08 Å². The van der Waals surface area contributed by atoms with Crippen molar-refractivity contribution in [1.29, 1.82) is 0 Å². The maximum absolute atomic E-state index is 12.5. The number of aliphatic hydroxyl groups excluding tert-OH is 1. The van der Waals surface area contributed by atoms with Crippen LogP contribution in [0.1, 0.15) is 31.8 Å². The molecule has 0 aliphatic heterocycles. The van der Waals surface area contributed by atoms with E-state index in [9.17, 15) is 9.59 Å². The summed E-state index contributed by atoms with van der Waals surface area (Å²) in [4.78, 5) is 24.6. The number of carbonyl (C=O) groups excluding carboxylic acids is 2. The molecule has 4 nitrogen and oxygen atoms in total. The molecule has 0 aliphatic rings. The minimum absolute atomic E-state index is 0.0686. The van der Waals surface area contributed by atoms with Gasteiger partial charge >= 0.3 is 0 Å². The quantitative estimate of drug-likeness (QED) is 0.392. The topological polar surface area (TPSA) is 63.6 Å². The van der Waals surface area contributed by atoms with Gasteiger partial charge in [0.05, 0.1) is 0 Å². The number of hydrogen-bond donors (Lipinski definition) is 1. The van der Waals surface area contributed by atoms with Crippen LogP contribution in [0.25, 0.3) is 6.08 Å². The molecule has 3 aromatic rings. The summed E-state index contributed by atoms with van der Waals surface area (Å²) >= 11 is 0. The molecule has 0 unspecified atom stereocenters. The van der Waals surface area contributed by atoms with Crippen LogP contribution >= 0.6 is 0 Å². The zero-order valence-corrected chi connectivity index (χ0v) is 14.5. The molecule has 0 aromatic heterocycles. The number of benzene rings is 3. The number of ketones is 2. The van der Waals surface area contributed by atoms with Crippen LogP contribution in [0.4, 0.5) is 0 Å². The van der Waals surface area contributed by atoms with Gasteiger partial charge in [0.1, 0.15) is 5.75 Å². The van der Waals surface area contributed by atoms with E-state index in [2.05, 4.69) is 0 Å². The van der Waals surface area contributed by atoms with Crippen molar-refractivity contribution in [2.24, 2.45) is 0 Å². The Morgan fingerprint density at radius 3 is 1.96 bits per heavy atom. The lowest BCUT2D eigenvalue weighted by atomic mass is 10.0. The first kappa shape index (κ1) is 18.3. The number of carbonyl (C=O) groups is 2. The Hall–Kier alpha value is -3.50. The average molecular weight is 358 g/mol. The van der Waals surface area contributed by atoms with Crippen molar-refractivity contribution in [3.63, 3.8) is 0 Å². The Morgan fingerprint density at radius 2 is 1.37 bits per heavy atom. The smallest absolute Gasteiger partial charge is 0.193 e. The van der Waals surface area contributed by atoms with Crippen molar-refractivity contribution in [2.45, 2.75) is 0 Å². The molecule has 0 aliphatic carbocycles. The van der Waals surface area contributed by atoms with E-state index in [-0.39, 0.29) is 11.6 Å². The van der Waals surface area contributed by atoms with Gasteiger partial charge in [-0.25, -0.2) is 0 Å². The second-order valence-electron chi connectivity index (χ2n) is 5.81. The molecule has 0 radical (unpaired) electrons. The lowest BCUT2D eigenvalue weighted by Crippen LogP contribution is -2.01. The number of rotatable bonds is 7.